The molecule has 0 atom stereocenters. The molecule has 0 aliphatic heterocycles. The predicted octanol–water partition coefficient (Wildman–Crippen LogP) is 6.29. The van der Waals surface area contributed by atoms with Gasteiger partial charge in [0.25, 0.3) is 0 Å². The molecule has 0 amide bonds. The third-order valence-electron chi connectivity index (χ3n) is 5.59. The number of nitrogens with zero attached hydrogens (tertiary/aromatic N) is 1. The number of pyridine rings is 1. The number of aromatic nitrogens is 1. The van der Waals surface area contributed by atoms with Crippen LogP contribution in [0.5, 0.6) is 0 Å². The molecule has 4 nitrogen and oxygen atoms in total. The number of rotatable bonds is 9. The van der Waals surface area contributed by atoms with Gasteiger partial charge in [0.1, 0.15) is 0 Å². The number of aliphatic carboxylic acids is 1. The van der Waals surface area contributed by atoms with Gasteiger partial charge >= 0.3 is 5.97 Å². The summed E-state index contributed by atoms with van der Waals surface area (Å²) in [4.78, 5) is 15.0. The molecule has 0 aliphatic rings. The number of unbranched alkanes of at least 4 members (excludes halogenated alkanes) is 1. The lowest BCUT2D eigenvalue weighted by atomic mass is 9.96. The molecule has 156 valence electrons. The molecule has 2 rings (SSSR count). The normalized spacial score (nSPS) is 12.8. The second-order valence-corrected chi connectivity index (χ2v) is 13.7. The van der Waals surface area contributed by atoms with Crippen molar-refractivity contribution < 1.29 is 14.3 Å². The third kappa shape index (κ3) is 6.94. The Morgan fingerprint density at radius 3 is 2.38 bits per heavy atom. The highest BCUT2D eigenvalue weighted by Crippen LogP contribution is 2.37. The molecular weight excluding hydrogens is 378 g/mol. The van der Waals surface area contributed by atoms with Gasteiger partial charge in [-0.05, 0) is 53.7 Å². The molecule has 0 saturated heterocycles. The fourth-order valence-electron chi connectivity index (χ4n) is 2.68. The monoisotopic (exact) mass is 411 g/mol. The van der Waals surface area contributed by atoms with Crippen molar-refractivity contribution in [3.8, 4) is 0 Å². The number of allylic oxidation sites excluding steroid dienone is 1. The van der Waals surface area contributed by atoms with Crippen LogP contribution >= 0.6 is 0 Å². The molecule has 0 bridgehead atoms. The van der Waals surface area contributed by atoms with Gasteiger partial charge in [-0.25, -0.2) is 0 Å². The van der Waals surface area contributed by atoms with E-state index in [-0.39, 0.29) is 11.5 Å². The third-order valence-corrected chi connectivity index (χ3v) is 10.1. The van der Waals surface area contributed by atoms with E-state index in [4.69, 9.17) is 9.53 Å². The molecule has 1 heterocycles. The van der Waals surface area contributed by atoms with E-state index in [1.807, 2.05) is 18.3 Å². The predicted molar refractivity (Wildman–Crippen MR) is 121 cm³/mol. The summed E-state index contributed by atoms with van der Waals surface area (Å²) in [5, 5.41) is 9.06. The van der Waals surface area contributed by atoms with Crippen LogP contribution in [-0.2, 0) is 15.8 Å². The van der Waals surface area contributed by atoms with Crippen LogP contribution in [0, 0.1) is 0 Å². The summed E-state index contributed by atoms with van der Waals surface area (Å²) in [5.74, 6) is -0.757. The van der Waals surface area contributed by atoms with Crippen LogP contribution in [0.1, 0.15) is 56.7 Å². The maximum Gasteiger partial charge on any atom is 0.303 e. The summed E-state index contributed by atoms with van der Waals surface area (Å²) in [6.07, 6.45) is 7.23. The summed E-state index contributed by atoms with van der Waals surface area (Å²) in [6.45, 7) is 11.9. The van der Waals surface area contributed by atoms with Crippen LogP contribution in [0.2, 0.25) is 18.1 Å². The van der Waals surface area contributed by atoms with Crippen molar-refractivity contribution in [3.05, 3.63) is 71.6 Å². The lowest BCUT2D eigenvalue weighted by Gasteiger charge is -2.36. The zero-order chi connectivity index (χ0) is 21.5. The first kappa shape index (κ1) is 23.0. The Morgan fingerprint density at radius 2 is 1.83 bits per heavy atom. The van der Waals surface area contributed by atoms with Crippen LogP contribution in [-0.4, -0.2) is 24.4 Å². The Kier molecular flexibility index (Phi) is 7.93. The summed E-state index contributed by atoms with van der Waals surface area (Å²) >= 11 is 0. The van der Waals surface area contributed by atoms with Crippen LogP contribution in [0.15, 0.2) is 54.9 Å². The van der Waals surface area contributed by atoms with Crippen molar-refractivity contribution >= 4 is 19.9 Å². The molecule has 29 heavy (non-hydrogen) atoms. The van der Waals surface area contributed by atoms with Gasteiger partial charge in [-0.2, -0.15) is 0 Å². The van der Waals surface area contributed by atoms with Gasteiger partial charge in [0.05, 0.1) is 6.61 Å². The minimum absolute atomic E-state index is 0.181. The fraction of sp³-hybridized carbons (Fsp3) is 0.417. The van der Waals surface area contributed by atoms with Gasteiger partial charge in [0.2, 0.25) is 0 Å². The molecule has 0 saturated carbocycles. The smallest absolute Gasteiger partial charge is 0.303 e. The number of carbonyl (C=O) groups is 1. The molecular formula is C24H33NO3Si. The molecule has 1 N–H and O–H groups in total. The van der Waals surface area contributed by atoms with Crippen molar-refractivity contribution in [2.45, 2.75) is 64.8 Å². The molecule has 0 unspecified atom stereocenters. The van der Waals surface area contributed by atoms with Crippen molar-refractivity contribution in [2.75, 3.05) is 0 Å². The van der Waals surface area contributed by atoms with Crippen molar-refractivity contribution in [2.24, 2.45) is 0 Å². The lowest BCUT2D eigenvalue weighted by Crippen LogP contribution is -2.40. The Balaban J connectivity index is 2.15. The van der Waals surface area contributed by atoms with Crippen molar-refractivity contribution in [3.63, 3.8) is 0 Å². The Bertz CT molecular complexity index is 821. The van der Waals surface area contributed by atoms with Crippen molar-refractivity contribution in [1.82, 2.24) is 4.98 Å². The van der Waals surface area contributed by atoms with E-state index in [1.54, 1.807) is 6.20 Å². The standard InChI is InChI=1S/C24H33NO3Si/c1-24(2,3)29(4,5)28-18-19-12-14-20(15-13-19)22(10-6-7-11-23(26)27)21-9-8-16-25-17-21/h8-10,12-17H,6-7,11,18H2,1-5H3,(H,26,27)/b22-10+. The van der Waals surface area contributed by atoms with Gasteiger partial charge < -0.3 is 9.53 Å². The molecule has 1 aromatic heterocycles. The highest BCUT2D eigenvalue weighted by atomic mass is 28.4. The van der Waals surface area contributed by atoms with Crippen LogP contribution < -0.4 is 0 Å². The van der Waals surface area contributed by atoms with Gasteiger partial charge in [0, 0.05) is 24.4 Å². The first-order valence-electron chi connectivity index (χ1n) is 10.2. The number of hydrogen-bond donors (Lipinski definition) is 1. The second-order valence-electron chi connectivity index (χ2n) is 8.89. The van der Waals surface area contributed by atoms with Gasteiger partial charge in [-0.1, -0.05) is 57.2 Å². The minimum atomic E-state index is -1.77. The van der Waals surface area contributed by atoms with Crippen molar-refractivity contribution in [1.29, 1.82) is 0 Å². The molecule has 2 aromatic rings. The quantitative estimate of drug-likeness (QED) is 0.389. The molecule has 5 heteroatoms. The number of benzene rings is 1. The summed E-state index contributed by atoms with van der Waals surface area (Å²) in [6, 6.07) is 12.4. The Morgan fingerprint density at radius 1 is 1.14 bits per heavy atom. The fourth-order valence-corrected chi connectivity index (χ4v) is 3.65. The summed E-state index contributed by atoms with van der Waals surface area (Å²) in [5.41, 5.74) is 4.38. The van der Waals surface area contributed by atoms with Gasteiger partial charge in [-0.3, -0.25) is 9.78 Å². The highest BCUT2D eigenvalue weighted by Gasteiger charge is 2.36. The summed E-state index contributed by atoms with van der Waals surface area (Å²) < 4.78 is 6.33. The van der Waals surface area contributed by atoms with Crippen LogP contribution in [0.3, 0.4) is 0 Å². The van der Waals surface area contributed by atoms with E-state index in [9.17, 15) is 4.79 Å². The van der Waals surface area contributed by atoms with E-state index < -0.39 is 14.3 Å². The topological polar surface area (TPSA) is 59.4 Å². The lowest BCUT2D eigenvalue weighted by molar-refractivity contribution is -0.137. The highest BCUT2D eigenvalue weighted by molar-refractivity contribution is 6.74. The maximum atomic E-state index is 10.8. The average Bonchev–Trinajstić information content (AvgIpc) is 2.67. The zero-order valence-electron chi connectivity index (χ0n) is 18.2. The molecule has 0 radical (unpaired) electrons. The number of hydrogen-bond acceptors (Lipinski definition) is 3. The van der Waals surface area contributed by atoms with Gasteiger partial charge in [0.15, 0.2) is 8.32 Å². The van der Waals surface area contributed by atoms with Crippen LogP contribution in [0.4, 0.5) is 0 Å². The van der Waals surface area contributed by atoms with E-state index in [0.717, 1.165) is 22.3 Å². The number of carboxylic acid groups (broad SMARTS) is 1. The number of carboxylic acids is 1. The maximum absolute atomic E-state index is 10.8. The average molecular weight is 412 g/mol. The zero-order valence-corrected chi connectivity index (χ0v) is 19.2. The van der Waals surface area contributed by atoms with E-state index in [2.05, 4.69) is 69.2 Å². The first-order chi connectivity index (χ1) is 13.6. The minimum Gasteiger partial charge on any atom is -0.481 e. The molecule has 0 fully saturated rings. The summed E-state index contributed by atoms with van der Waals surface area (Å²) in [7, 11) is -1.77. The largest absolute Gasteiger partial charge is 0.481 e. The Labute approximate surface area is 175 Å². The van der Waals surface area contributed by atoms with Crippen LogP contribution in [0.25, 0.3) is 5.57 Å². The van der Waals surface area contributed by atoms with Gasteiger partial charge in [-0.15, -0.1) is 0 Å². The second kappa shape index (κ2) is 9.99. The molecule has 0 aliphatic carbocycles. The van der Waals surface area contributed by atoms with E-state index in [1.165, 1.54) is 0 Å². The van der Waals surface area contributed by atoms with E-state index >= 15 is 0 Å². The first-order valence-corrected chi connectivity index (χ1v) is 13.1. The SMILES string of the molecule is CC(C)(C)[Si](C)(C)OCc1ccc(/C(=C\CCCC(=O)O)c2cccnc2)cc1. The molecule has 1 aromatic carbocycles. The molecule has 0 spiro atoms. The van der Waals surface area contributed by atoms with E-state index in [0.29, 0.717) is 19.4 Å². The Hall–Kier alpha value is -2.24.